The van der Waals surface area contributed by atoms with Crippen molar-refractivity contribution in [3.05, 3.63) is 65.9 Å². The van der Waals surface area contributed by atoms with Gasteiger partial charge in [-0.05, 0) is 37.3 Å². The maximum absolute atomic E-state index is 12.7. The Kier molecular flexibility index (Phi) is 5.03. The minimum Gasteiger partial charge on any atom is -0.462 e. The van der Waals surface area contributed by atoms with Crippen molar-refractivity contribution < 1.29 is 19.1 Å². The van der Waals surface area contributed by atoms with Crippen molar-refractivity contribution in [1.29, 1.82) is 0 Å². The molecule has 2 amide bonds. The number of nitrogens with zero attached hydrogens (tertiary/aromatic N) is 1. The van der Waals surface area contributed by atoms with Crippen molar-refractivity contribution >= 4 is 34.4 Å². The molecule has 0 bridgehead atoms. The number of hydrogen-bond donors (Lipinski definition) is 2. The second-order valence-electron chi connectivity index (χ2n) is 6.94. The van der Waals surface area contributed by atoms with E-state index in [9.17, 15) is 14.4 Å². The summed E-state index contributed by atoms with van der Waals surface area (Å²) in [4.78, 5) is 41.6. The molecule has 2 N–H and O–H groups in total. The lowest BCUT2D eigenvalue weighted by Crippen LogP contribution is -2.54. The maximum atomic E-state index is 12.7. The van der Waals surface area contributed by atoms with E-state index in [0.29, 0.717) is 36.5 Å². The second kappa shape index (κ2) is 7.79. The van der Waals surface area contributed by atoms with E-state index in [-0.39, 0.29) is 17.7 Å². The molecule has 1 aliphatic rings. The number of hydrogen-bond acceptors (Lipinski definition) is 4. The summed E-state index contributed by atoms with van der Waals surface area (Å²) in [6.07, 6.45) is 1.71. The van der Waals surface area contributed by atoms with Gasteiger partial charge >= 0.3 is 5.97 Å². The number of para-hydroxylation sites is 1. The van der Waals surface area contributed by atoms with Gasteiger partial charge in [-0.2, -0.15) is 0 Å². The van der Waals surface area contributed by atoms with Gasteiger partial charge < -0.3 is 19.9 Å². The van der Waals surface area contributed by atoms with E-state index in [2.05, 4.69) is 10.3 Å². The zero-order chi connectivity index (χ0) is 20.4. The Bertz CT molecular complexity index is 1070. The summed E-state index contributed by atoms with van der Waals surface area (Å²) in [5.41, 5.74) is 2.57. The zero-order valence-electron chi connectivity index (χ0n) is 16.0. The fourth-order valence-corrected chi connectivity index (χ4v) is 3.38. The van der Waals surface area contributed by atoms with Crippen LogP contribution in [0.2, 0.25) is 0 Å². The number of anilines is 1. The van der Waals surface area contributed by atoms with Gasteiger partial charge in [-0.3, -0.25) is 9.59 Å². The molecule has 0 radical (unpaired) electrons. The molecule has 2 aromatic carbocycles. The van der Waals surface area contributed by atoms with Crippen LogP contribution in [-0.4, -0.2) is 47.4 Å². The lowest BCUT2D eigenvalue weighted by atomic mass is 9.97. The van der Waals surface area contributed by atoms with Crippen LogP contribution < -0.4 is 5.32 Å². The number of rotatable bonds is 5. The van der Waals surface area contributed by atoms with E-state index in [1.807, 2.05) is 24.3 Å². The van der Waals surface area contributed by atoms with Crippen LogP contribution >= 0.6 is 0 Å². The molecule has 7 heteroatoms. The summed E-state index contributed by atoms with van der Waals surface area (Å²) in [6, 6.07) is 14.2. The number of benzene rings is 2. The van der Waals surface area contributed by atoms with Gasteiger partial charge in [0.1, 0.15) is 0 Å². The van der Waals surface area contributed by atoms with E-state index in [1.54, 1.807) is 42.3 Å². The smallest absolute Gasteiger partial charge is 0.338 e. The lowest BCUT2D eigenvalue weighted by molar-refractivity contribution is -0.123. The SMILES string of the molecule is CCOC(=O)c1ccc(NC(=O)C2CN(C(=O)c3c[nH]c4ccccc34)C2)cc1. The number of carbonyl (C=O) groups excluding carboxylic acids is 3. The van der Waals surface area contributed by atoms with Crippen LogP contribution in [-0.2, 0) is 9.53 Å². The average molecular weight is 391 g/mol. The van der Waals surface area contributed by atoms with Gasteiger partial charge in [-0.1, -0.05) is 18.2 Å². The van der Waals surface area contributed by atoms with Crippen molar-refractivity contribution in [3.8, 4) is 0 Å². The number of carbonyl (C=O) groups is 3. The summed E-state index contributed by atoms with van der Waals surface area (Å²) < 4.78 is 4.94. The summed E-state index contributed by atoms with van der Waals surface area (Å²) in [5, 5.41) is 3.71. The third-order valence-electron chi connectivity index (χ3n) is 5.02. The molecule has 0 saturated carbocycles. The molecule has 0 spiro atoms. The van der Waals surface area contributed by atoms with Gasteiger partial charge in [0.2, 0.25) is 5.91 Å². The maximum Gasteiger partial charge on any atom is 0.338 e. The van der Waals surface area contributed by atoms with Gasteiger partial charge in [-0.15, -0.1) is 0 Å². The summed E-state index contributed by atoms with van der Waals surface area (Å²) in [5.74, 6) is -0.869. The predicted molar refractivity (Wildman–Crippen MR) is 109 cm³/mol. The van der Waals surface area contributed by atoms with E-state index >= 15 is 0 Å². The quantitative estimate of drug-likeness (QED) is 0.654. The van der Waals surface area contributed by atoms with Gasteiger partial charge in [-0.25, -0.2) is 4.79 Å². The first-order valence-electron chi connectivity index (χ1n) is 9.50. The Morgan fingerprint density at radius 3 is 2.55 bits per heavy atom. The minimum absolute atomic E-state index is 0.0784. The minimum atomic E-state index is -0.393. The van der Waals surface area contributed by atoms with E-state index in [4.69, 9.17) is 4.74 Å². The van der Waals surface area contributed by atoms with Crippen LogP contribution in [0, 0.1) is 5.92 Å². The van der Waals surface area contributed by atoms with E-state index < -0.39 is 5.97 Å². The molecule has 0 aliphatic carbocycles. The number of H-pyrrole nitrogens is 1. The number of esters is 1. The number of aromatic amines is 1. The van der Waals surface area contributed by atoms with Gasteiger partial charge in [0.25, 0.3) is 5.91 Å². The van der Waals surface area contributed by atoms with Gasteiger partial charge in [0.15, 0.2) is 0 Å². The first-order chi connectivity index (χ1) is 14.1. The van der Waals surface area contributed by atoms with Crippen LogP contribution in [0.4, 0.5) is 5.69 Å². The molecule has 0 unspecified atom stereocenters. The Balaban J connectivity index is 1.33. The Labute approximate surface area is 167 Å². The monoisotopic (exact) mass is 391 g/mol. The van der Waals surface area contributed by atoms with E-state index in [0.717, 1.165) is 10.9 Å². The fraction of sp³-hybridized carbons (Fsp3) is 0.227. The molecule has 7 nitrogen and oxygen atoms in total. The number of ether oxygens (including phenoxy) is 1. The van der Waals surface area contributed by atoms with Crippen LogP contribution in [0.15, 0.2) is 54.7 Å². The molecule has 1 fully saturated rings. The molecule has 148 valence electrons. The molecule has 4 rings (SSSR count). The van der Waals surface area contributed by atoms with Crippen molar-refractivity contribution in [2.45, 2.75) is 6.92 Å². The van der Waals surface area contributed by atoms with Crippen molar-refractivity contribution in [3.63, 3.8) is 0 Å². The first kappa shape index (κ1) is 18.7. The molecule has 1 aromatic heterocycles. The van der Waals surface area contributed by atoms with Crippen molar-refractivity contribution in [2.75, 3.05) is 25.0 Å². The number of amides is 2. The Morgan fingerprint density at radius 1 is 1.10 bits per heavy atom. The molecule has 0 atom stereocenters. The highest BCUT2D eigenvalue weighted by atomic mass is 16.5. The first-order valence-corrected chi connectivity index (χ1v) is 9.50. The average Bonchev–Trinajstić information content (AvgIpc) is 3.11. The number of likely N-dealkylation sites (tertiary alicyclic amines) is 1. The fourth-order valence-electron chi connectivity index (χ4n) is 3.38. The van der Waals surface area contributed by atoms with Crippen molar-refractivity contribution in [1.82, 2.24) is 9.88 Å². The molecule has 3 aromatic rings. The predicted octanol–water partition coefficient (Wildman–Crippen LogP) is 3.06. The molecule has 2 heterocycles. The lowest BCUT2D eigenvalue weighted by Gasteiger charge is -2.38. The molecule has 1 aliphatic heterocycles. The summed E-state index contributed by atoms with van der Waals surface area (Å²) in [6.45, 7) is 2.82. The van der Waals surface area contributed by atoms with Crippen molar-refractivity contribution in [2.24, 2.45) is 5.92 Å². The van der Waals surface area contributed by atoms with Crippen LogP contribution in [0.5, 0.6) is 0 Å². The zero-order valence-corrected chi connectivity index (χ0v) is 16.0. The van der Waals surface area contributed by atoms with Gasteiger partial charge in [0.05, 0.1) is 23.7 Å². The number of nitrogens with one attached hydrogen (secondary N) is 2. The van der Waals surface area contributed by atoms with E-state index in [1.165, 1.54) is 0 Å². The highest BCUT2D eigenvalue weighted by Crippen LogP contribution is 2.25. The van der Waals surface area contributed by atoms with Crippen LogP contribution in [0.25, 0.3) is 10.9 Å². The van der Waals surface area contributed by atoms with Crippen LogP contribution in [0.1, 0.15) is 27.6 Å². The third-order valence-corrected chi connectivity index (χ3v) is 5.02. The van der Waals surface area contributed by atoms with Crippen LogP contribution in [0.3, 0.4) is 0 Å². The highest BCUT2D eigenvalue weighted by Gasteiger charge is 2.36. The highest BCUT2D eigenvalue weighted by molar-refractivity contribution is 6.07. The summed E-state index contributed by atoms with van der Waals surface area (Å²) in [7, 11) is 0. The normalized spacial score (nSPS) is 13.8. The molecule has 1 saturated heterocycles. The molecule has 29 heavy (non-hydrogen) atoms. The summed E-state index contributed by atoms with van der Waals surface area (Å²) >= 11 is 0. The number of aromatic nitrogens is 1. The standard InChI is InChI=1S/C22H21N3O4/c1-2-29-22(28)14-7-9-16(10-8-14)24-20(26)15-12-25(13-15)21(27)18-11-23-19-6-4-3-5-17(18)19/h3-11,15,23H,2,12-13H2,1H3,(H,24,26). The molecular weight excluding hydrogens is 370 g/mol. The Morgan fingerprint density at radius 2 is 1.83 bits per heavy atom. The molecular formula is C22H21N3O4. The third kappa shape index (κ3) is 3.71. The largest absolute Gasteiger partial charge is 0.462 e. The second-order valence-corrected chi connectivity index (χ2v) is 6.94. The van der Waals surface area contributed by atoms with Gasteiger partial charge in [0, 0.05) is 35.9 Å². The topological polar surface area (TPSA) is 91.5 Å². The number of fused-ring (bicyclic) bond motifs is 1. The Hall–Kier alpha value is -3.61.